The number of piperidine rings is 1. The van der Waals surface area contributed by atoms with Crippen LogP contribution in [0, 0.1) is 6.92 Å². The van der Waals surface area contributed by atoms with Crippen molar-refractivity contribution in [3.8, 4) is 0 Å². The van der Waals surface area contributed by atoms with Crippen LogP contribution in [0.25, 0.3) is 0 Å². The van der Waals surface area contributed by atoms with Crippen molar-refractivity contribution >= 4 is 21.4 Å². The van der Waals surface area contributed by atoms with Gasteiger partial charge in [-0.2, -0.15) is 0 Å². The second-order valence-corrected chi connectivity index (χ2v) is 8.83. The number of nitrogens with one attached hydrogen (secondary N) is 1. The van der Waals surface area contributed by atoms with Crippen molar-refractivity contribution in [2.75, 3.05) is 36.8 Å². The van der Waals surface area contributed by atoms with E-state index in [1.165, 1.54) is 0 Å². The van der Waals surface area contributed by atoms with Crippen LogP contribution in [0.2, 0.25) is 0 Å². The average molecular weight is 374 g/mol. The SMILES string of the molecule is Cc1ccc(S(=O)(=O)Nc2ccc(N3CCC(N(C)C)CC3)cc2)cc1. The first kappa shape index (κ1) is 18.7. The first-order valence-corrected chi connectivity index (χ1v) is 10.4. The van der Waals surface area contributed by atoms with Gasteiger partial charge >= 0.3 is 0 Å². The Bertz CT molecular complexity index is 822. The van der Waals surface area contributed by atoms with Crippen LogP contribution < -0.4 is 9.62 Å². The maximum absolute atomic E-state index is 12.5. The zero-order valence-electron chi connectivity index (χ0n) is 15.6. The molecule has 2 aromatic carbocycles. The Morgan fingerprint density at radius 2 is 1.54 bits per heavy atom. The van der Waals surface area contributed by atoms with Gasteiger partial charge in [-0.25, -0.2) is 8.42 Å². The highest BCUT2D eigenvalue weighted by Gasteiger charge is 2.21. The summed E-state index contributed by atoms with van der Waals surface area (Å²) in [6, 6.07) is 15.1. The van der Waals surface area contributed by atoms with Gasteiger partial charge in [0.2, 0.25) is 0 Å². The van der Waals surface area contributed by atoms with Gasteiger partial charge in [0.15, 0.2) is 0 Å². The molecule has 1 fully saturated rings. The van der Waals surface area contributed by atoms with Gasteiger partial charge in [0, 0.05) is 30.5 Å². The molecular weight excluding hydrogens is 346 g/mol. The summed E-state index contributed by atoms with van der Waals surface area (Å²) in [4.78, 5) is 4.93. The van der Waals surface area contributed by atoms with Crippen LogP contribution >= 0.6 is 0 Å². The Labute approximate surface area is 156 Å². The summed E-state index contributed by atoms with van der Waals surface area (Å²) in [6.07, 6.45) is 2.30. The van der Waals surface area contributed by atoms with Crippen LogP contribution in [0.15, 0.2) is 53.4 Å². The normalized spacial score (nSPS) is 16.1. The van der Waals surface area contributed by atoms with Crippen molar-refractivity contribution in [1.82, 2.24) is 4.90 Å². The molecule has 26 heavy (non-hydrogen) atoms. The fourth-order valence-electron chi connectivity index (χ4n) is 3.31. The second kappa shape index (κ2) is 7.68. The van der Waals surface area contributed by atoms with Crippen molar-refractivity contribution in [1.29, 1.82) is 0 Å². The number of anilines is 2. The summed E-state index contributed by atoms with van der Waals surface area (Å²) in [6.45, 7) is 3.98. The molecule has 0 radical (unpaired) electrons. The van der Waals surface area contributed by atoms with E-state index in [2.05, 4.69) is 28.6 Å². The molecule has 0 atom stereocenters. The van der Waals surface area contributed by atoms with Crippen LogP contribution in [-0.2, 0) is 10.0 Å². The molecule has 0 unspecified atom stereocenters. The van der Waals surface area contributed by atoms with Gasteiger partial charge < -0.3 is 9.80 Å². The third-order valence-corrected chi connectivity index (χ3v) is 6.41. The largest absolute Gasteiger partial charge is 0.371 e. The van der Waals surface area contributed by atoms with Crippen LogP contribution in [0.4, 0.5) is 11.4 Å². The van der Waals surface area contributed by atoms with Crippen molar-refractivity contribution in [2.45, 2.75) is 30.7 Å². The van der Waals surface area contributed by atoms with Crippen LogP contribution in [0.5, 0.6) is 0 Å². The maximum Gasteiger partial charge on any atom is 0.261 e. The monoisotopic (exact) mass is 373 g/mol. The molecule has 0 amide bonds. The molecular formula is C20H27N3O2S. The highest BCUT2D eigenvalue weighted by atomic mass is 32.2. The maximum atomic E-state index is 12.5. The van der Waals surface area contributed by atoms with Crippen molar-refractivity contribution in [3.63, 3.8) is 0 Å². The number of benzene rings is 2. The Morgan fingerprint density at radius 1 is 0.962 bits per heavy atom. The molecule has 0 bridgehead atoms. The van der Waals surface area contributed by atoms with E-state index in [4.69, 9.17) is 0 Å². The van der Waals surface area contributed by atoms with E-state index in [1.807, 2.05) is 31.2 Å². The molecule has 0 spiro atoms. The van der Waals surface area contributed by atoms with Crippen LogP contribution in [-0.4, -0.2) is 46.5 Å². The number of rotatable bonds is 5. The predicted octanol–water partition coefficient (Wildman–Crippen LogP) is 3.33. The smallest absolute Gasteiger partial charge is 0.261 e. The standard InChI is InChI=1S/C20H27N3O2S/c1-16-4-10-20(11-5-16)26(24,25)21-17-6-8-19(9-7-17)23-14-12-18(13-15-23)22(2)3/h4-11,18,21H,12-15H2,1-3H3. The zero-order chi connectivity index (χ0) is 18.7. The van der Waals surface area contributed by atoms with E-state index in [-0.39, 0.29) is 4.90 Å². The fourth-order valence-corrected chi connectivity index (χ4v) is 4.37. The highest BCUT2D eigenvalue weighted by molar-refractivity contribution is 7.92. The van der Waals surface area contributed by atoms with E-state index in [1.54, 1.807) is 24.3 Å². The molecule has 6 heteroatoms. The van der Waals surface area contributed by atoms with E-state index in [9.17, 15) is 8.42 Å². The molecule has 2 aromatic rings. The summed E-state index contributed by atoms with van der Waals surface area (Å²) in [5.74, 6) is 0. The Kier molecular flexibility index (Phi) is 5.53. The Balaban J connectivity index is 1.65. The lowest BCUT2D eigenvalue weighted by Gasteiger charge is -2.36. The van der Waals surface area contributed by atoms with Crippen LogP contribution in [0.1, 0.15) is 18.4 Å². The second-order valence-electron chi connectivity index (χ2n) is 7.15. The minimum absolute atomic E-state index is 0.276. The van der Waals surface area contributed by atoms with Gasteiger partial charge in [0.25, 0.3) is 10.0 Å². The quantitative estimate of drug-likeness (QED) is 0.873. The predicted molar refractivity (Wildman–Crippen MR) is 107 cm³/mol. The Morgan fingerprint density at radius 3 is 2.08 bits per heavy atom. The lowest BCUT2D eigenvalue weighted by molar-refractivity contribution is 0.249. The van der Waals surface area contributed by atoms with E-state index >= 15 is 0 Å². The summed E-state index contributed by atoms with van der Waals surface area (Å²) in [5.41, 5.74) is 2.75. The van der Waals surface area contributed by atoms with Gasteiger partial charge in [0.05, 0.1) is 4.90 Å². The third-order valence-electron chi connectivity index (χ3n) is 5.01. The average Bonchev–Trinajstić information content (AvgIpc) is 2.62. The third kappa shape index (κ3) is 4.37. The summed E-state index contributed by atoms with van der Waals surface area (Å²) in [5, 5.41) is 0. The number of aryl methyl sites for hydroxylation is 1. The topological polar surface area (TPSA) is 52.7 Å². The number of hydrogen-bond donors (Lipinski definition) is 1. The molecule has 0 aliphatic carbocycles. The fraction of sp³-hybridized carbons (Fsp3) is 0.400. The van der Waals surface area contributed by atoms with Gasteiger partial charge in [-0.05, 0) is 70.3 Å². The van der Waals surface area contributed by atoms with Crippen molar-refractivity contribution < 1.29 is 8.42 Å². The molecule has 1 N–H and O–H groups in total. The molecule has 3 rings (SSSR count). The molecule has 1 aliphatic heterocycles. The van der Waals surface area contributed by atoms with Gasteiger partial charge in [-0.15, -0.1) is 0 Å². The molecule has 1 heterocycles. The molecule has 0 aromatic heterocycles. The minimum atomic E-state index is -3.55. The van der Waals surface area contributed by atoms with Crippen molar-refractivity contribution in [2.24, 2.45) is 0 Å². The lowest BCUT2D eigenvalue weighted by Crippen LogP contribution is -2.41. The first-order valence-electron chi connectivity index (χ1n) is 8.96. The van der Waals surface area contributed by atoms with Gasteiger partial charge in [-0.3, -0.25) is 4.72 Å². The van der Waals surface area contributed by atoms with E-state index < -0.39 is 10.0 Å². The number of hydrogen-bond acceptors (Lipinski definition) is 4. The summed E-state index contributed by atoms with van der Waals surface area (Å²) >= 11 is 0. The Hall–Kier alpha value is -2.05. The first-order chi connectivity index (χ1) is 12.3. The van der Waals surface area contributed by atoms with Crippen LogP contribution in [0.3, 0.4) is 0 Å². The van der Waals surface area contributed by atoms with E-state index in [0.29, 0.717) is 11.7 Å². The van der Waals surface area contributed by atoms with Gasteiger partial charge in [0.1, 0.15) is 0 Å². The molecule has 1 saturated heterocycles. The minimum Gasteiger partial charge on any atom is -0.371 e. The highest BCUT2D eigenvalue weighted by Crippen LogP contribution is 2.24. The van der Waals surface area contributed by atoms with Gasteiger partial charge in [-0.1, -0.05) is 17.7 Å². The lowest BCUT2D eigenvalue weighted by atomic mass is 10.0. The molecule has 140 valence electrons. The zero-order valence-corrected chi connectivity index (χ0v) is 16.5. The number of nitrogens with zero attached hydrogens (tertiary/aromatic N) is 2. The van der Waals surface area contributed by atoms with E-state index in [0.717, 1.165) is 37.2 Å². The number of sulfonamides is 1. The molecule has 5 nitrogen and oxygen atoms in total. The summed E-state index contributed by atoms with van der Waals surface area (Å²) in [7, 11) is 0.715. The molecule has 0 saturated carbocycles. The summed E-state index contributed by atoms with van der Waals surface area (Å²) < 4.78 is 27.6. The molecule has 1 aliphatic rings. The van der Waals surface area contributed by atoms with Crippen molar-refractivity contribution in [3.05, 3.63) is 54.1 Å².